The number of hydrogen-bond acceptors (Lipinski definition) is 5. The Morgan fingerprint density at radius 1 is 1.20 bits per heavy atom. The summed E-state index contributed by atoms with van der Waals surface area (Å²) >= 11 is 0. The lowest BCUT2D eigenvalue weighted by Gasteiger charge is -2.11. The minimum absolute atomic E-state index is 0.0870. The van der Waals surface area contributed by atoms with Crippen LogP contribution in [0.2, 0.25) is 0 Å². The molecule has 3 N–H and O–H groups in total. The number of amides is 1. The Morgan fingerprint density at radius 3 is 2.60 bits per heavy atom. The van der Waals surface area contributed by atoms with Crippen LogP contribution in [0.25, 0.3) is 0 Å². The van der Waals surface area contributed by atoms with Crippen LogP contribution in [0.5, 0.6) is 11.5 Å². The molecule has 0 aliphatic rings. The van der Waals surface area contributed by atoms with Crippen LogP contribution in [0.4, 0.5) is 11.4 Å². The standard InChI is InChI=1S/C19H19N3O3/c1-12-4-7-18(25-3)17(8-12)22-19(24)14(10-20)11-21-16-6-5-15(23)9-13(16)2/h4-9,11,21,23H,1-3H3,(H,22,24)/b14-11-. The van der Waals surface area contributed by atoms with Gasteiger partial charge < -0.3 is 20.5 Å². The number of anilines is 2. The van der Waals surface area contributed by atoms with Crippen molar-refractivity contribution >= 4 is 17.3 Å². The molecule has 6 heteroatoms. The number of ether oxygens (including phenoxy) is 1. The number of phenols is 1. The van der Waals surface area contributed by atoms with Crippen LogP contribution in [-0.4, -0.2) is 18.1 Å². The minimum atomic E-state index is -0.546. The van der Waals surface area contributed by atoms with Crippen LogP contribution < -0.4 is 15.4 Å². The van der Waals surface area contributed by atoms with Gasteiger partial charge in [-0.1, -0.05) is 6.07 Å². The number of nitrogens with one attached hydrogen (secondary N) is 2. The first-order valence-corrected chi connectivity index (χ1v) is 7.57. The quantitative estimate of drug-likeness (QED) is 0.441. The molecule has 128 valence electrons. The number of carbonyl (C=O) groups excluding carboxylic acids is 1. The molecule has 2 rings (SSSR count). The molecule has 0 aromatic heterocycles. The van der Waals surface area contributed by atoms with E-state index in [0.717, 1.165) is 11.1 Å². The summed E-state index contributed by atoms with van der Waals surface area (Å²) < 4.78 is 5.21. The Hall–Kier alpha value is -3.46. The van der Waals surface area contributed by atoms with Gasteiger partial charge in [0, 0.05) is 11.9 Å². The van der Waals surface area contributed by atoms with Gasteiger partial charge in [-0.15, -0.1) is 0 Å². The largest absolute Gasteiger partial charge is 0.508 e. The SMILES string of the molecule is COc1ccc(C)cc1NC(=O)/C(C#N)=C\Nc1ccc(O)cc1C. The van der Waals surface area contributed by atoms with Gasteiger partial charge >= 0.3 is 0 Å². The Labute approximate surface area is 146 Å². The number of rotatable bonds is 5. The minimum Gasteiger partial charge on any atom is -0.508 e. The monoisotopic (exact) mass is 337 g/mol. The van der Waals surface area contributed by atoms with Gasteiger partial charge in [-0.05, 0) is 55.3 Å². The Morgan fingerprint density at radius 2 is 1.96 bits per heavy atom. The smallest absolute Gasteiger partial charge is 0.267 e. The van der Waals surface area contributed by atoms with Crippen LogP contribution in [0.3, 0.4) is 0 Å². The Bertz CT molecular complexity index is 867. The average Bonchev–Trinajstić information content (AvgIpc) is 2.57. The first kappa shape index (κ1) is 17.9. The van der Waals surface area contributed by atoms with E-state index < -0.39 is 5.91 Å². The highest BCUT2D eigenvalue weighted by atomic mass is 16.5. The Balaban J connectivity index is 2.18. The van der Waals surface area contributed by atoms with Crippen molar-refractivity contribution < 1.29 is 14.6 Å². The van der Waals surface area contributed by atoms with Crippen LogP contribution in [-0.2, 0) is 4.79 Å². The van der Waals surface area contributed by atoms with Crippen LogP contribution in [0.1, 0.15) is 11.1 Å². The van der Waals surface area contributed by atoms with Crippen molar-refractivity contribution in [3.8, 4) is 17.6 Å². The molecule has 25 heavy (non-hydrogen) atoms. The molecule has 2 aromatic carbocycles. The summed E-state index contributed by atoms with van der Waals surface area (Å²) in [6, 6.07) is 12.0. The second-order valence-electron chi connectivity index (χ2n) is 5.47. The lowest BCUT2D eigenvalue weighted by molar-refractivity contribution is -0.112. The molecule has 1 amide bonds. The van der Waals surface area contributed by atoms with E-state index in [1.54, 1.807) is 31.2 Å². The zero-order valence-corrected chi connectivity index (χ0v) is 14.3. The molecule has 0 saturated carbocycles. The molecule has 0 radical (unpaired) electrons. The number of nitriles is 1. The number of benzene rings is 2. The molecule has 2 aromatic rings. The van der Waals surface area contributed by atoms with Gasteiger partial charge in [0.1, 0.15) is 23.1 Å². The van der Waals surface area contributed by atoms with Gasteiger partial charge in [-0.2, -0.15) is 5.26 Å². The summed E-state index contributed by atoms with van der Waals surface area (Å²) in [5.74, 6) is 0.116. The summed E-state index contributed by atoms with van der Waals surface area (Å²) in [5, 5.41) is 24.3. The highest BCUT2D eigenvalue weighted by Crippen LogP contribution is 2.26. The average molecular weight is 337 g/mol. The second kappa shape index (κ2) is 7.88. The number of carbonyl (C=O) groups is 1. The highest BCUT2D eigenvalue weighted by molar-refractivity contribution is 6.07. The zero-order chi connectivity index (χ0) is 18.4. The topological polar surface area (TPSA) is 94.4 Å². The van der Waals surface area contributed by atoms with Crippen LogP contribution in [0.15, 0.2) is 48.2 Å². The summed E-state index contributed by atoms with van der Waals surface area (Å²) in [5.41, 5.74) is 2.84. The fourth-order valence-electron chi connectivity index (χ4n) is 2.22. The molecule has 0 bridgehead atoms. The summed E-state index contributed by atoms with van der Waals surface area (Å²) in [4.78, 5) is 12.3. The van der Waals surface area contributed by atoms with E-state index in [1.807, 2.05) is 19.1 Å². The van der Waals surface area contributed by atoms with Crippen molar-refractivity contribution in [1.29, 1.82) is 5.26 Å². The number of methoxy groups -OCH3 is 1. The molecule has 0 fully saturated rings. The maximum absolute atomic E-state index is 12.3. The van der Waals surface area contributed by atoms with Gasteiger partial charge in [0.25, 0.3) is 5.91 Å². The van der Waals surface area contributed by atoms with E-state index in [0.29, 0.717) is 17.1 Å². The molecule has 0 unspecified atom stereocenters. The molecule has 0 saturated heterocycles. The van der Waals surface area contributed by atoms with E-state index in [1.165, 1.54) is 19.4 Å². The fourth-order valence-corrected chi connectivity index (χ4v) is 2.22. The van der Waals surface area contributed by atoms with Gasteiger partial charge in [0.2, 0.25) is 0 Å². The lowest BCUT2D eigenvalue weighted by atomic mass is 10.2. The zero-order valence-electron chi connectivity index (χ0n) is 14.3. The van der Waals surface area contributed by atoms with Crippen LogP contribution >= 0.6 is 0 Å². The predicted molar refractivity (Wildman–Crippen MR) is 96.5 cm³/mol. The van der Waals surface area contributed by atoms with Crippen molar-refractivity contribution in [2.75, 3.05) is 17.7 Å². The van der Waals surface area contributed by atoms with Crippen molar-refractivity contribution in [2.24, 2.45) is 0 Å². The maximum atomic E-state index is 12.3. The normalized spacial score (nSPS) is 10.7. The third kappa shape index (κ3) is 4.52. The maximum Gasteiger partial charge on any atom is 0.267 e. The van der Waals surface area contributed by atoms with Crippen molar-refractivity contribution in [3.05, 3.63) is 59.3 Å². The third-order valence-corrected chi connectivity index (χ3v) is 3.55. The molecule has 0 heterocycles. The molecular formula is C19H19N3O3. The van der Waals surface area contributed by atoms with Crippen LogP contribution in [0, 0.1) is 25.2 Å². The van der Waals surface area contributed by atoms with Crippen molar-refractivity contribution in [1.82, 2.24) is 0 Å². The van der Waals surface area contributed by atoms with E-state index >= 15 is 0 Å². The Kier molecular flexibility index (Phi) is 5.64. The van der Waals surface area contributed by atoms with E-state index in [-0.39, 0.29) is 11.3 Å². The van der Waals surface area contributed by atoms with E-state index in [9.17, 15) is 15.2 Å². The first-order chi connectivity index (χ1) is 11.9. The molecule has 0 aliphatic heterocycles. The van der Waals surface area contributed by atoms with Gasteiger partial charge in [0.15, 0.2) is 0 Å². The number of hydrogen-bond donors (Lipinski definition) is 3. The molecule has 0 aliphatic carbocycles. The van der Waals surface area contributed by atoms with E-state index in [4.69, 9.17) is 4.74 Å². The predicted octanol–water partition coefficient (Wildman–Crippen LogP) is 3.48. The number of aryl methyl sites for hydroxylation is 2. The number of aromatic hydroxyl groups is 1. The number of nitrogens with zero attached hydrogens (tertiary/aromatic N) is 1. The molecule has 0 atom stereocenters. The van der Waals surface area contributed by atoms with Crippen molar-refractivity contribution in [3.63, 3.8) is 0 Å². The van der Waals surface area contributed by atoms with E-state index in [2.05, 4.69) is 10.6 Å². The molecule has 0 spiro atoms. The van der Waals surface area contributed by atoms with Gasteiger partial charge in [-0.25, -0.2) is 0 Å². The molecular weight excluding hydrogens is 318 g/mol. The summed E-state index contributed by atoms with van der Waals surface area (Å²) in [7, 11) is 1.51. The third-order valence-electron chi connectivity index (χ3n) is 3.55. The first-order valence-electron chi connectivity index (χ1n) is 7.57. The van der Waals surface area contributed by atoms with Gasteiger partial charge in [0.05, 0.1) is 12.8 Å². The fraction of sp³-hybridized carbons (Fsp3) is 0.158. The summed E-state index contributed by atoms with van der Waals surface area (Å²) in [6.45, 7) is 3.70. The number of phenolic OH excluding ortho intramolecular Hbond substituents is 1. The van der Waals surface area contributed by atoms with Crippen molar-refractivity contribution in [2.45, 2.75) is 13.8 Å². The highest BCUT2D eigenvalue weighted by Gasteiger charge is 2.12. The summed E-state index contributed by atoms with van der Waals surface area (Å²) in [6.07, 6.45) is 1.33. The molecule has 6 nitrogen and oxygen atoms in total. The van der Waals surface area contributed by atoms with Gasteiger partial charge in [-0.3, -0.25) is 4.79 Å². The lowest BCUT2D eigenvalue weighted by Crippen LogP contribution is -2.15. The second-order valence-corrected chi connectivity index (χ2v) is 5.47.